The minimum atomic E-state index is -0.850. The summed E-state index contributed by atoms with van der Waals surface area (Å²) in [7, 11) is 0. The van der Waals surface area contributed by atoms with Crippen LogP contribution < -0.4 is 19.3 Å². The van der Waals surface area contributed by atoms with Gasteiger partial charge in [0.15, 0.2) is 11.5 Å². The van der Waals surface area contributed by atoms with Crippen LogP contribution in [0.1, 0.15) is 31.0 Å². The molecule has 0 bridgehead atoms. The second kappa shape index (κ2) is 10.2. The van der Waals surface area contributed by atoms with Gasteiger partial charge in [-0.25, -0.2) is 0 Å². The first-order valence-electron chi connectivity index (χ1n) is 12.2. The lowest BCUT2D eigenvalue weighted by atomic mass is 9.94. The zero-order valence-electron chi connectivity index (χ0n) is 20.6. The highest BCUT2D eigenvalue weighted by Crippen LogP contribution is 2.44. The summed E-state index contributed by atoms with van der Waals surface area (Å²) in [5.41, 5.74) is 2.54. The van der Waals surface area contributed by atoms with E-state index < -0.39 is 17.7 Å². The third-order valence-electron chi connectivity index (χ3n) is 6.68. The van der Waals surface area contributed by atoms with Crippen molar-refractivity contribution in [3.8, 4) is 11.5 Å². The Morgan fingerprint density at radius 2 is 1.68 bits per heavy atom. The lowest BCUT2D eigenvalue weighted by Gasteiger charge is -2.27. The maximum absolute atomic E-state index is 13.4. The quantitative estimate of drug-likeness (QED) is 0.260. The predicted octanol–water partition coefficient (Wildman–Crippen LogP) is 5.58. The summed E-state index contributed by atoms with van der Waals surface area (Å²) in [5.74, 6) is -0.757. The van der Waals surface area contributed by atoms with Crippen LogP contribution in [0.15, 0.2) is 72.3 Å². The normalized spacial score (nSPS) is 18.2. The van der Waals surface area contributed by atoms with Gasteiger partial charge in [-0.05, 0) is 67.9 Å². The molecule has 1 amide bonds. The largest absolute Gasteiger partial charge is 0.507 e. The van der Waals surface area contributed by atoms with Crippen LogP contribution in [-0.4, -0.2) is 43.1 Å². The van der Waals surface area contributed by atoms with E-state index in [1.807, 2.05) is 24.3 Å². The Hall–Kier alpha value is -3.97. The van der Waals surface area contributed by atoms with E-state index in [4.69, 9.17) is 21.1 Å². The summed E-state index contributed by atoms with van der Waals surface area (Å²) in [6.45, 7) is 6.68. The van der Waals surface area contributed by atoms with Crippen molar-refractivity contribution in [1.29, 1.82) is 0 Å². The molecule has 1 saturated heterocycles. The minimum absolute atomic E-state index is 0.00255. The molecule has 0 saturated carbocycles. The minimum Gasteiger partial charge on any atom is -0.507 e. The molecule has 37 heavy (non-hydrogen) atoms. The fourth-order valence-corrected chi connectivity index (χ4v) is 5.03. The third-order valence-corrected chi connectivity index (χ3v) is 6.92. The Labute approximate surface area is 220 Å². The Morgan fingerprint density at radius 3 is 2.35 bits per heavy atom. The SMILES string of the molecule is CCN(CC)c1ccc(C2/C(=C(/O)c3ccc4c(c3)OCCO4)C(=O)C(=O)N2c2cccc(Cl)c2)cc1. The van der Waals surface area contributed by atoms with E-state index in [1.54, 1.807) is 42.5 Å². The Balaban J connectivity index is 1.66. The lowest BCUT2D eigenvalue weighted by Crippen LogP contribution is -2.29. The summed E-state index contributed by atoms with van der Waals surface area (Å²) < 4.78 is 11.2. The van der Waals surface area contributed by atoms with E-state index in [0.29, 0.717) is 46.5 Å². The van der Waals surface area contributed by atoms with Crippen molar-refractivity contribution in [2.75, 3.05) is 36.1 Å². The van der Waals surface area contributed by atoms with Gasteiger partial charge in [-0.15, -0.1) is 0 Å². The Kier molecular flexibility index (Phi) is 6.80. The fourth-order valence-electron chi connectivity index (χ4n) is 4.84. The van der Waals surface area contributed by atoms with Crippen LogP contribution in [-0.2, 0) is 9.59 Å². The van der Waals surface area contributed by atoms with E-state index in [2.05, 4.69) is 18.7 Å². The first-order chi connectivity index (χ1) is 17.9. The smallest absolute Gasteiger partial charge is 0.300 e. The van der Waals surface area contributed by atoms with Gasteiger partial charge in [0.2, 0.25) is 0 Å². The molecular weight excluding hydrogens is 492 g/mol. The highest BCUT2D eigenvalue weighted by atomic mass is 35.5. The summed E-state index contributed by atoms with van der Waals surface area (Å²) in [4.78, 5) is 30.4. The van der Waals surface area contributed by atoms with Crippen LogP contribution >= 0.6 is 11.6 Å². The molecule has 1 unspecified atom stereocenters. The first-order valence-corrected chi connectivity index (χ1v) is 12.6. The molecule has 3 aromatic rings. The highest BCUT2D eigenvalue weighted by molar-refractivity contribution is 6.51. The average Bonchev–Trinajstić information content (AvgIpc) is 3.19. The van der Waals surface area contributed by atoms with Gasteiger partial charge in [0.1, 0.15) is 19.0 Å². The number of hydrogen-bond donors (Lipinski definition) is 1. The number of aliphatic hydroxyl groups is 1. The van der Waals surface area contributed by atoms with Crippen molar-refractivity contribution in [2.24, 2.45) is 0 Å². The molecule has 2 heterocycles. The number of carbonyl (C=O) groups is 2. The predicted molar refractivity (Wildman–Crippen MR) is 144 cm³/mol. The number of aliphatic hydroxyl groups excluding tert-OH is 1. The van der Waals surface area contributed by atoms with Crippen molar-refractivity contribution in [1.82, 2.24) is 0 Å². The fraction of sp³-hybridized carbons (Fsp3) is 0.241. The van der Waals surface area contributed by atoms with Crippen LogP contribution in [0.2, 0.25) is 5.02 Å². The molecule has 0 aliphatic carbocycles. The van der Waals surface area contributed by atoms with Gasteiger partial charge in [0.05, 0.1) is 11.6 Å². The summed E-state index contributed by atoms with van der Waals surface area (Å²) in [5, 5.41) is 11.9. The number of nitrogens with zero attached hydrogens (tertiary/aromatic N) is 2. The molecule has 5 rings (SSSR count). The average molecular weight is 519 g/mol. The highest BCUT2D eigenvalue weighted by Gasteiger charge is 2.47. The summed E-state index contributed by atoms with van der Waals surface area (Å²) >= 11 is 6.24. The van der Waals surface area contributed by atoms with Gasteiger partial charge in [-0.2, -0.15) is 0 Å². The van der Waals surface area contributed by atoms with Gasteiger partial charge in [-0.3, -0.25) is 14.5 Å². The van der Waals surface area contributed by atoms with Crippen LogP contribution in [0.4, 0.5) is 11.4 Å². The van der Waals surface area contributed by atoms with Gasteiger partial charge in [0.25, 0.3) is 11.7 Å². The van der Waals surface area contributed by atoms with Crippen LogP contribution in [0.3, 0.4) is 0 Å². The molecule has 1 fully saturated rings. The van der Waals surface area contributed by atoms with E-state index in [9.17, 15) is 14.7 Å². The molecule has 2 aliphatic rings. The maximum Gasteiger partial charge on any atom is 0.300 e. The monoisotopic (exact) mass is 518 g/mol. The van der Waals surface area contributed by atoms with E-state index in [0.717, 1.165) is 18.8 Å². The van der Waals surface area contributed by atoms with Crippen molar-refractivity contribution in [3.05, 3.63) is 88.5 Å². The summed E-state index contributed by atoms with van der Waals surface area (Å²) in [6.07, 6.45) is 0. The molecule has 190 valence electrons. The number of anilines is 2. The number of amides is 1. The van der Waals surface area contributed by atoms with E-state index in [1.165, 1.54) is 4.90 Å². The topological polar surface area (TPSA) is 79.3 Å². The summed E-state index contributed by atoms with van der Waals surface area (Å²) in [6, 6.07) is 18.6. The number of ketones is 1. The second-order valence-corrected chi connectivity index (χ2v) is 9.21. The molecule has 3 aromatic carbocycles. The Bertz CT molecular complexity index is 1380. The van der Waals surface area contributed by atoms with Gasteiger partial charge < -0.3 is 19.5 Å². The van der Waals surface area contributed by atoms with E-state index >= 15 is 0 Å². The standard InChI is InChI=1S/C29H27ClN2O5/c1-3-31(4-2)21-11-8-18(9-12-21)26-25(27(33)19-10-13-23-24(16-19)37-15-14-36-23)28(34)29(35)32(26)22-7-5-6-20(30)17-22/h5-13,16-17,26,33H,3-4,14-15H2,1-2H3/b27-25-. The molecule has 8 heteroatoms. The molecule has 0 aromatic heterocycles. The van der Waals surface area contributed by atoms with Crippen molar-refractivity contribution in [3.63, 3.8) is 0 Å². The molecule has 1 N–H and O–H groups in total. The van der Waals surface area contributed by atoms with Crippen molar-refractivity contribution < 1.29 is 24.2 Å². The Morgan fingerprint density at radius 1 is 0.973 bits per heavy atom. The number of carbonyl (C=O) groups excluding carboxylic acids is 2. The molecule has 7 nitrogen and oxygen atoms in total. The molecule has 0 radical (unpaired) electrons. The lowest BCUT2D eigenvalue weighted by molar-refractivity contribution is -0.132. The van der Waals surface area contributed by atoms with Crippen molar-refractivity contribution >= 4 is 40.4 Å². The van der Waals surface area contributed by atoms with Crippen molar-refractivity contribution in [2.45, 2.75) is 19.9 Å². The number of ether oxygens (including phenoxy) is 2. The number of fused-ring (bicyclic) bond motifs is 1. The second-order valence-electron chi connectivity index (χ2n) is 8.77. The molecule has 2 aliphatic heterocycles. The zero-order valence-corrected chi connectivity index (χ0v) is 21.4. The number of rotatable bonds is 6. The van der Waals surface area contributed by atoms with Crippen LogP contribution in [0.25, 0.3) is 5.76 Å². The number of hydrogen-bond acceptors (Lipinski definition) is 6. The zero-order chi connectivity index (χ0) is 26.1. The molecular formula is C29H27ClN2O5. The van der Waals surface area contributed by atoms with Gasteiger partial charge >= 0.3 is 0 Å². The maximum atomic E-state index is 13.4. The first kappa shape index (κ1) is 24.7. The molecule has 1 atom stereocenters. The third kappa shape index (κ3) is 4.51. The van der Waals surface area contributed by atoms with Gasteiger partial charge in [0, 0.05) is 35.1 Å². The number of Topliss-reactive ketones (excluding diaryl/α,β-unsaturated/α-hetero) is 1. The van der Waals surface area contributed by atoms with Crippen LogP contribution in [0, 0.1) is 0 Å². The molecule has 0 spiro atoms. The number of benzene rings is 3. The van der Waals surface area contributed by atoms with Crippen LogP contribution in [0.5, 0.6) is 11.5 Å². The van der Waals surface area contributed by atoms with E-state index in [-0.39, 0.29) is 11.3 Å². The number of halogens is 1. The van der Waals surface area contributed by atoms with Gasteiger partial charge in [-0.1, -0.05) is 29.8 Å².